The molecule has 0 aromatic carbocycles. The van der Waals surface area contributed by atoms with E-state index in [1.54, 1.807) is 0 Å². The van der Waals surface area contributed by atoms with Crippen LogP contribution in [0.15, 0.2) is 12.3 Å². The van der Waals surface area contributed by atoms with Gasteiger partial charge < -0.3 is 0 Å². The van der Waals surface area contributed by atoms with Gasteiger partial charge in [0.25, 0.3) is 0 Å². The summed E-state index contributed by atoms with van der Waals surface area (Å²) in [5, 5.41) is 1.42. The van der Waals surface area contributed by atoms with Crippen LogP contribution >= 0.6 is 34.5 Å². The van der Waals surface area contributed by atoms with E-state index in [1.807, 2.05) is 22.0 Å². The molecule has 62 valence electrons. The molecule has 0 spiro atoms. The van der Waals surface area contributed by atoms with Crippen LogP contribution in [0.25, 0.3) is 11.0 Å². The summed E-state index contributed by atoms with van der Waals surface area (Å²) in [5.74, 6) is 0.698. The second kappa shape index (κ2) is 2.85. The Morgan fingerprint density at radius 2 is 2.25 bits per heavy atom. The van der Waals surface area contributed by atoms with Crippen molar-refractivity contribution in [3.05, 3.63) is 23.2 Å². The average molecular weight is 293 g/mol. The monoisotopic (exact) mass is 293 g/mol. The molecule has 0 N–H and O–H groups in total. The Morgan fingerprint density at radius 3 is 3.00 bits per heavy atom. The van der Waals surface area contributed by atoms with Gasteiger partial charge in [0.2, 0.25) is 0 Å². The molecule has 12 heavy (non-hydrogen) atoms. The maximum absolute atomic E-state index is 5.91. The second-order valence-electron chi connectivity index (χ2n) is 2.43. The van der Waals surface area contributed by atoms with E-state index in [9.17, 15) is 0 Å². The lowest BCUT2D eigenvalue weighted by Gasteiger charge is -1.96. The molecule has 2 aromatic heterocycles. The molecule has 2 aromatic rings. The molecule has 0 saturated heterocycles. The number of rotatable bonds is 0. The Labute approximate surface area is 88.3 Å². The molecule has 0 amide bonds. The van der Waals surface area contributed by atoms with Gasteiger partial charge in [-0.05, 0) is 13.0 Å². The van der Waals surface area contributed by atoms with Gasteiger partial charge >= 0.3 is 0 Å². The Morgan fingerprint density at radius 1 is 1.50 bits per heavy atom. The summed E-state index contributed by atoms with van der Waals surface area (Å²) in [7, 11) is 0. The zero-order chi connectivity index (χ0) is 8.72. The van der Waals surface area contributed by atoms with E-state index in [4.69, 9.17) is 11.6 Å². The number of hydrogen-bond donors (Lipinski definition) is 0. The van der Waals surface area contributed by atoms with Gasteiger partial charge in [-0.3, -0.25) is 2.78 Å². The van der Waals surface area contributed by atoms with Crippen molar-refractivity contribution < 1.29 is 0 Å². The predicted molar refractivity (Wildman–Crippen MR) is 56.7 cm³/mol. The van der Waals surface area contributed by atoms with E-state index in [-0.39, 0.29) is 0 Å². The maximum atomic E-state index is 5.91. The zero-order valence-electron chi connectivity index (χ0n) is 6.25. The molecule has 3 nitrogen and oxygen atoms in total. The Hall–Kier alpha value is -0.360. The highest BCUT2D eigenvalue weighted by Gasteiger charge is 2.06. The van der Waals surface area contributed by atoms with Gasteiger partial charge in [-0.25, -0.2) is 9.97 Å². The topological polar surface area (TPSA) is 30.7 Å². The highest BCUT2D eigenvalue weighted by atomic mass is 127. The quantitative estimate of drug-likeness (QED) is 0.552. The molecule has 0 aliphatic rings. The summed E-state index contributed by atoms with van der Waals surface area (Å²) in [6.45, 7) is 1.83. The standard InChI is InChI=1S/C7H5ClIN3/c1-4-10-6(8)5-2-3-12(9)7(5)11-4/h2-3H,1H3. The molecule has 0 atom stereocenters. The lowest BCUT2D eigenvalue weighted by molar-refractivity contribution is 1.08. The highest BCUT2D eigenvalue weighted by Crippen LogP contribution is 2.22. The molecule has 0 saturated carbocycles. The first-order chi connectivity index (χ1) is 5.68. The Balaban J connectivity index is 2.92. The number of nitrogens with zero attached hydrogens (tertiary/aromatic N) is 3. The van der Waals surface area contributed by atoms with Gasteiger partial charge in [0.05, 0.1) is 28.3 Å². The number of aromatic nitrogens is 3. The minimum absolute atomic E-state index is 0.521. The normalized spacial score (nSPS) is 10.9. The van der Waals surface area contributed by atoms with Crippen molar-refractivity contribution in [1.82, 2.24) is 12.7 Å². The first-order valence-corrected chi connectivity index (χ1v) is 4.70. The molecule has 0 bridgehead atoms. The summed E-state index contributed by atoms with van der Waals surface area (Å²) in [4.78, 5) is 8.31. The third-order valence-electron chi connectivity index (χ3n) is 1.57. The molecular weight excluding hydrogens is 288 g/mol. The SMILES string of the molecule is Cc1nc(Cl)c2ccn(I)c2n1. The van der Waals surface area contributed by atoms with Crippen LogP contribution in [0.4, 0.5) is 0 Å². The van der Waals surface area contributed by atoms with Crippen LogP contribution in [0, 0.1) is 6.92 Å². The number of aryl methyl sites for hydroxylation is 1. The lowest BCUT2D eigenvalue weighted by Crippen LogP contribution is -1.90. The Bertz CT molecular complexity index is 437. The van der Waals surface area contributed by atoms with Gasteiger partial charge in [-0.1, -0.05) is 11.6 Å². The van der Waals surface area contributed by atoms with Crippen LogP contribution in [-0.2, 0) is 0 Å². The van der Waals surface area contributed by atoms with Crippen molar-refractivity contribution in [2.75, 3.05) is 0 Å². The van der Waals surface area contributed by atoms with Gasteiger partial charge in [0, 0.05) is 6.20 Å². The van der Waals surface area contributed by atoms with E-state index in [1.165, 1.54) is 0 Å². The van der Waals surface area contributed by atoms with E-state index in [2.05, 4.69) is 32.8 Å². The maximum Gasteiger partial charge on any atom is 0.154 e. The summed E-state index contributed by atoms with van der Waals surface area (Å²) in [6.07, 6.45) is 1.91. The van der Waals surface area contributed by atoms with E-state index in [0.717, 1.165) is 11.0 Å². The van der Waals surface area contributed by atoms with Gasteiger partial charge in [0.15, 0.2) is 5.65 Å². The van der Waals surface area contributed by atoms with Crippen LogP contribution < -0.4 is 0 Å². The van der Waals surface area contributed by atoms with Gasteiger partial charge in [-0.2, -0.15) is 0 Å². The average Bonchev–Trinajstić information content (AvgIpc) is 2.33. The molecule has 0 radical (unpaired) electrons. The molecule has 0 aliphatic heterocycles. The lowest BCUT2D eigenvalue weighted by atomic mass is 10.4. The molecule has 0 fully saturated rings. The predicted octanol–water partition coefficient (Wildman–Crippen LogP) is 2.59. The van der Waals surface area contributed by atoms with Crippen molar-refractivity contribution in [3.63, 3.8) is 0 Å². The van der Waals surface area contributed by atoms with Crippen molar-refractivity contribution in [2.24, 2.45) is 0 Å². The smallest absolute Gasteiger partial charge is 0.154 e. The number of fused-ring (bicyclic) bond motifs is 1. The summed E-state index contributed by atoms with van der Waals surface area (Å²) < 4.78 is 1.90. The molecule has 2 heterocycles. The van der Waals surface area contributed by atoms with Crippen molar-refractivity contribution >= 4 is 45.5 Å². The third kappa shape index (κ3) is 1.19. The zero-order valence-corrected chi connectivity index (χ0v) is 9.17. The molecule has 0 unspecified atom stereocenters. The van der Waals surface area contributed by atoms with Crippen LogP contribution in [0.1, 0.15) is 5.82 Å². The highest BCUT2D eigenvalue weighted by molar-refractivity contribution is 14.1. The van der Waals surface area contributed by atoms with Crippen molar-refractivity contribution in [2.45, 2.75) is 6.92 Å². The Kier molecular flexibility index (Phi) is 1.96. The van der Waals surface area contributed by atoms with E-state index in [0.29, 0.717) is 11.0 Å². The molecular formula is C7H5ClIN3. The number of hydrogen-bond acceptors (Lipinski definition) is 2. The van der Waals surface area contributed by atoms with Crippen LogP contribution in [-0.4, -0.2) is 12.7 Å². The van der Waals surface area contributed by atoms with E-state index < -0.39 is 0 Å². The first-order valence-electron chi connectivity index (χ1n) is 3.36. The summed E-state index contributed by atoms with van der Waals surface area (Å²) in [5.41, 5.74) is 0.869. The second-order valence-corrected chi connectivity index (χ2v) is 3.82. The fourth-order valence-electron chi connectivity index (χ4n) is 1.05. The summed E-state index contributed by atoms with van der Waals surface area (Å²) in [6, 6.07) is 1.91. The molecule has 2 rings (SSSR count). The molecule has 5 heteroatoms. The fraction of sp³-hybridized carbons (Fsp3) is 0.143. The van der Waals surface area contributed by atoms with E-state index >= 15 is 0 Å². The van der Waals surface area contributed by atoms with Gasteiger partial charge in [-0.15, -0.1) is 0 Å². The largest absolute Gasteiger partial charge is 0.273 e. The minimum atomic E-state index is 0.521. The number of halogens is 2. The summed E-state index contributed by atoms with van der Waals surface area (Å²) >= 11 is 8.06. The minimum Gasteiger partial charge on any atom is -0.273 e. The first kappa shape index (κ1) is 8.25. The van der Waals surface area contributed by atoms with Crippen LogP contribution in [0.5, 0.6) is 0 Å². The van der Waals surface area contributed by atoms with Crippen LogP contribution in [0.3, 0.4) is 0 Å². The third-order valence-corrected chi connectivity index (χ3v) is 2.63. The van der Waals surface area contributed by atoms with Crippen molar-refractivity contribution in [1.29, 1.82) is 0 Å². The van der Waals surface area contributed by atoms with Gasteiger partial charge in [0.1, 0.15) is 11.0 Å². The molecule has 0 aliphatic carbocycles. The van der Waals surface area contributed by atoms with Crippen molar-refractivity contribution in [3.8, 4) is 0 Å². The fourth-order valence-corrected chi connectivity index (χ4v) is 1.85. The van der Waals surface area contributed by atoms with Crippen LogP contribution in [0.2, 0.25) is 5.15 Å².